The molecule has 1 unspecified atom stereocenters. The monoisotopic (exact) mass is 239 g/mol. The minimum absolute atomic E-state index is 0.391. The van der Waals surface area contributed by atoms with Crippen LogP contribution in [0.3, 0.4) is 0 Å². The highest BCUT2D eigenvalue weighted by Gasteiger charge is 2.30. The van der Waals surface area contributed by atoms with E-state index in [4.69, 9.17) is 0 Å². The van der Waals surface area contributed by atoms with Crippen molar-refractivity contribution in [2.24, 2.45) is 5.41 Å². The predicted octanol–water partition coefficient (Wildman–Crippen LogP) is 1.40. The van der Waals surface area contributed by atoms with Crippen molar-refractivity contribution in [1.29, 1.82) is 0 Å². The maximum Gasteiger partial charge on any atom is 0.0223 e. The Kier molecular flexibility index (Phi) is 4.45. The molecule has 0 spiro atoms. The van der Waals surface area contributed by atoms with Gasteiger partial charge in [-0.1, -0.05) is 13.8 Å². The topological polar surface area (TPSA) is 18.5 Å². The molecule has 2 saturated heterocycles. The molecule has 100 valence electrons. The highest BCUT2D eigenvalue weighted by Crippen LogP contribution is 2.24. The van der Waals surface area contributed by atoms with Crippen LogP contribution in [0.4, 0.5) is 0 Å². The van der Waals surface area contributed by atoms with Gasteiger partial charge in [0.15, 0.2) is 0 Å². The standard InChI is InChI=1S/C14H29N3/c1-14(2,11-15-3)12-16-7-5-9-17-8-4-6-13(17)10-16/h13,15H,4-12H2,1-3H3. The maximum absolute atomic E-state index is 3.32. The van der Waals surface area contributed by atoms with E-state index < -0.39 is 0 Å². The van der Waals surface area contributed by atoms with Crippen molar-refractivity contribution in [1.82, 2.24) is 15.1 Å². The van der Waals surface area contributed by atoms with Crippen molar-refractivity contribution in [2.45, 2.75) is 39.2 Å². The minimum Gasteiger partial charge on any atom is -0.319 e. The molecule has 1 N–H and O–H groups in total. The van der Waals surface area contributed by atoms with E-state index in [0.717, 1.165) is 12.6 Å². The molecule has 0 bridgehead atoms. The van der Waals surface area contributed by atoms with E-state index in [0.29, 0.717) is 5.41 Å². The molecule has 2 rings (SSSR count). The van der Waals surface area contributed by atoms with Gasteiger partial charge in [-0.05, 0) is 51.4 Å². The largest absolute Gasteiger partial charge is 0.319 e. The van der Waals surface area contributed by atoms with Gasteiger partial charge in [0.1, 0.15) is 0 Å². The van der Waals surface area contributed by atoms with E-state index in [2.05, 4.69) is 36.0 Å². The zero-order valence-electron chi connectivity index (χ0n) is 11.8. The van der Waals surface area contributed by atoms with E-state index in [1.165, 1.54) is 52.0 Å². The van der Waals surface area contributed by atoms with Crippen LogP contribution in [0, 0.1) is 5.41 Å². The third-order valence-corrected chi connectivity index (χ3v) is 4.19. The maximum atomic E-state index is 3.32. The van der Waals surface area contributed by atoms with Crippen LogP contribution in [0.1, 0.15) is 33.1 Å². The van der Waals surface area contributed by atoms with Crippen molar-refractivity contribution in [3.05, 3.63) is 0 Å². The molecular formula is C14H29N3. The van der Waals surface area contributed by atoms with Crippen LogP contribution >= 0.6 is 0 Å². The SMILES string of the molecule is CNCC(C)(C)CN1CCCN2CCCC2C1. The smallest absolute Gasteiger partial charge is 0.0223 e. The van der Waals surface area contributed by atoms with Gasteiger partial charge < -0.3 is 10.2 Å². The van der Waals surface area contributed by atoms with Gasteiger partial charge >= 0.3 is 0 Å². The Labute approximate surface area is 107 Å². The molecule has 2 aliphatic heterocycles. The van der Waals surface area contributed by atoms with Crippen molar-refractivity contribution in [3.8, 4) is 0 Å². The van der Waals surface area contributed by atoms with E-state index in [1.807, 2.05) is 0 Å². The summed E-state index contributed by atoms with van der Waals surface area (Å²) in [6, 6.07) is 0.850. The molecule has 0 aromatic rings. The predicted molar refractivity (Wildman–Crippen MR) is 73.4 cm³/mol. The molecule has 0 radical (unpaired) electrons. The van der Waals surface area contributed by atoms with Crippen molar-refractivity contribution >= 4 is 0 Å². The fraction of sp³-hybridized carbons (Fsp3) is 1.00. The van der Waals surface area contributed by atoms with Crippen LogP contribution in [0.15, 0.2) is 0 Å². The van der Waals surface area contributed by atoms with E-state index >= 15 is 0 Å². The van der Waals surface area contributed by atoms with Crippen LogP contribution in [0.25, 0.3) is 0 Å². The fourth-order valence-electron chi connectivity index (χ4n) is 3.57. The average molecular weight is 239 g/mol. The number of hydrogen-bond donors (Lipinski definition) is 1. The molecule has 3 nitrogen and oxygen atoms in total. The summed E-state index contributed by atoms with van der Waals surface area (Å²) < 4.78 is 0. The van der Waals surface area contributed by atoms with Crippen LogP contribution in [0.5, 0.6) is 0 Å². The van der Waals surface area contributed by atoms with Crippen molar-refractivity contribution in [2.75, 3.05) is 46.3 Å². The first-order valence-corrected chi connectivity index (χ1v) is 7.22. The Morgan fingerprint density at radius 3 is 2.71 bits per heavy atom. The molecule has 2 fully saturated rings. The molecule has 0 aliphatic carbocycles. The van der Waals surface area contributed by atoms with Gasteiger partial charge in [0.05, 0.1) is 0 Å². The lowest BCUT2D eigenvalue weighted by Gasteiger charge is -2.33. The van der Waals surface area contributed by atoms with Crippen LogP contribution in [-0.2, 0) is 0 Å². The lowest BCUT2D eigenvalue weighted by molar-refractivity contribution is 0.161. The van der Waals surface area contributed by atoms with Gasteiger partial charge in [0.25, 0.3) is 0 Å². The Morgan fingerprint density at radius 2 is 1.94 bits per heavy atom. The molecule has 0 saturated carbocycles. The first-order chi connectivity index (χ1) is 8.11. The number of fused-ring (bicyclic) bond motifs is 1. The third-order valence-electron chi connectivity index (χ3n) is 4.19. The van der Waals surface area contributed by atoms with E-state index in [1.54, 1.807) is 0 Å². The zero-order chi connectivity index (χ0) is 12.3. The molecule has 17 heavy (non-hydrogen) atoms. The second-order valence-electron chi connectivity index (χ2n) is 6.62. The second-order valence-corrected chi connectivity index (χ2v) is 6.62. The lowest BCUT2D eigenvalue weighted by Crippen LogP contribution is -2.43. The summed E-state index contributed by atoms with van der Waals surface area (Å²) in [5, 5.41) is 3.32. The summed E-state index contributed by atoms with van der Waals surface area (Å²) in [5.74, 6) is 0. The summed E-state index contributed by atoms with van der Waals surface area (Å²) in [4.78, 5) is 5.42. The molecule has 1 atom stereocenters. The minimum atomic E-state index is 0.391. The van der Waals surface area contributed by atoms with Gasteiger partial charge in [-0.15, -0.1) is 0 Å². The Bertz CT molecular complexity index is 240. The number of nitrogens with one attached hydrogen (secondary N) is 1. The summed E-state index contributed by atoms with van der Waals surface area (Å²) in [6.45, 7) is 12.4. The highest BCUT2D eigenvalue weighted by molar-refractivity contribution is 4.87. The number of hydrogen-bond acceptors (Lipinski definition) is 3. The molecule has 2 heterocycles. The zero-order valence-corrected chi connectivity index (χ0v) is 11.8. The Hall–Kier alpha value is -0.120. The van der Waals surface area contributed by atoms with E-state index in [9.17, 15) is 0 Å². The van der Waals surface area contributed by atoms with Gasteiger partial charge in [-0.2, -0.15) is 0 Å². The average Bonchev–Trinajstić information content (AvgIpc) is 2.57. The number of nitrogens with zero attached hydrogens (tertiary/aromatic N) is 2. The Morgan fingerprint density at radius 1 is 1.18 bits per heavy atom. The summed E-state index contributed by atoms with van der Waals surface area (Å²) >= 11 is 0. The van der Waals surface area contributed by atoms with Crippen LogP contribution in [0.2, 0.25) is 0 Å². The van der Waals surface area contributed by atoms with Crippen LogP contribution < -0.4 is 5.32 Å². The quantitative estimate of drug-likeness (QED) is 0.800. The molecule has 0 aromatic carbocycles. The Balaban J connectivity index is 1.88. The molecule has 0 aromatic heterocycles. The van der Waals surface area contributed by atoms with E-state index in [-0.39, 0.29) is 0 Å². The van der Waals surface area contributed by atoms with Gasteiger partial charge in [-0.3, -0.25) is 4.90 Å². The lowest BCUT2D eigenvalue weighted by atomic mass is 9.92. The first kappa shape index (κ1) is 13.3. The fourth-order valence-corrected chi connectivity index (χ4v) is 3.57. The van der Waals surface area contributed by atoms with Crippen LogP contribution in [-0.4, -0.2) is 62.2 Å². The van der Waals surface area contributed by atoms with Gasteiger partial charge in [0, 0.05) is 25.7 Å². The molecule has 0 amide bonds. The normalized spacial score (nSPS) is 28.1. The second kappa shape index (κ2) is 5.68. The molecule has 2 aliphatic rings. The van der Waals surface area contributed by atoms with Gasteiger partial charge in [-0.25, -0.2) is 0 Å². The van der Waals surface area contributed by atoms with Crippen molar-refractivity contribution < 1.29 is 0 Å². The van der Waals surface area contributed by atoms with Gasteiger partial charge in [0.2, 0.25) is 0 Å². The summed E-state index contributed by atoms with van der Waals surface area (Å²) in [6.07, 6.45) is 4.19. The summed E-state index contributed by atoms with van der Waals surface area (Å²) in [5.41, 5.74) is 0.391. The number of rotatable bonds is 4. The molecule has 3 heteroatoms. The highest BCUT2D eigenvalue weighted by atomic mass is 15.3. The molecular weight excluding hydrogens is 210 g/mol. The first-order valence-electron chi connectivity index (χ1n) is 7.22. The summed E-state index contributed by atoms with van der Waals surface area (Å²) in [7, 11) is 2.06. The third kappa shape index (κ3) is 3.67. The van der Waals surface area contributed by atoms with Crippen molar-refractivity contribution in [3.63, 3.8) is 0 Å².